The number of ether oxygens (including phenoxy) is 1. The number of nitrogens with one attached hydrogen (secondary N) is 1. The van der Waals surface area contributed by atoms with Gasteiger partial charge < -0.3 is 9.84 Å². The zero-order valence-corrected chi connectivity index (χ0v) is 15.9. The number of amides is 2. The van der Waals surface area contributed by atoms with Crippen molar-refractivity contribution < 1.29 is 19.4 Å². The average Bonchev–Trinajstić information content (AvgIpc) is 3.01. The van der Waals surface area contributed by atoms with Crippen LogP contribution >= 0.6 is 11.8 Å². The number of aliphatic hydroxyl groups is 1. The number of aliphatic hydroxyl groups excluding tert-OH is 1. The van der Waals surface area contributed by atoms with E-state index in [9.17, 15) is 14.7 Å². The van der Waals surface area contributed by atoms with Crippen LogP contribution in [0.15, 0.2) is 42.6 Å². The van der Waals surface area contributed by atoms with Crippen LogP contribution in [0, 0.1) is 0 Å². The fraction of sp³-hybridized carbons (Fsp3) is 0.350. The van der Waals surface area contributed by atoms with Gasteiger partial charge in [0.2, 0.25) is 5.91 Å². The number of carbonyl (C=O) groups is 2. The zero-order valence-electron chi connectivity index (χ0n) is 15.1. The Morgan fingerprint density at radius 1 is 1.19 bits per heavy atom. The molecule has 1 aliphatic heterocycles. The molecule has 1 aliphatic rings. The van der Waals surface area contributed by atoms with Gasteiger partial charge in [0.05, 0.1) is 24.4 Å². The summed E-state index contributed by atoms with van der Waals surface area (Å²) in [6.45, 7) is 2.35. The normalized spacial score (nSPS) is 17.6. The van der Waals surface area contributed by atoms with Gasteiger partial charge in [-0.15, -0.1) is 0 Å². The van der Waals surface area contributed by atoms with Gasteiger partial charge in [0.25, 0.3) is 5.24 Å². The van der Waals surface area contributed by atoms with Gasteiger partial charge in [0.1, 0.15) is 5.75 Å². The number of nitrogens with zero attached hydrogens (tertiary/aromatic N) is 1. The molecule has 0 spiro atoms. The molecular weight excluding hydrogens is 364 g/mol. The number of aryl methyl sites for hydroxylation is 1. The third-order valence-corrected chi connectivity index (χ3v) is 5.44. The second-order valence-corrected chi connectivity index (χ2v) is 7.54. The predicted molar refractivity (Wildman–Crippen MR) is 104 cm³/mol. The third kappa shape index (κ3) is 5.08. The maximum Gasteiger partial charge on any atom is 0.286 e. The predicted octanol–water partition coefficient (Wildman–Crippen LogP) is 2.69. The molecule has 27 heavy (non-hydrogen) atoms. The number of benzene rings is 1. The van der Waals surface area contributed by atoms with Gasteiger partial charge in [0, 0.05) is 11.9 Å². The van der Waals surface area contributed by atoms with E-state index in [0.717, 1.165) is 35.0 Å². The first kappa shape index (κ1) is 19.4. The molecular formula is C20H22N2O4S. The molecule has 1 fully saturated rings. The molecule has 0 saturated carbocycles. The Balaban J connectivity index is 1.55. The molecule has 0 radical (unpaired) electrons. The van der Waals surface area contributed by atoms with Crippen molar-refractivity contribution in [2.45, 2.75) is 30.9 Å². The van der Waals surface area contributed by atoms with Crippen molar-refractivity contribution in [3.05, 3.63) is 59.4 Å². The number of carbonyl (C=O) groups excluding carboxylic acids is 2. The lowest BCUT2D eigenvalue weighted by Crippen LogP contribution is -2.25. The Hall–Kier alpha value is -2.38. The summed E-state index contributed by atoms with van der Waals surface area (Å²) in [5.74, 6) is 0.250. The van der Waals surface area contributed by atoms with Crippen LogP contribution in [0.3, 0.4) is 0 Å². The standard InChI is InChI=1S/C20H22N2O4S/c1-2-13-5-8-17(21-10-13)15(11-23)12-26-16-6-3-14(4-7-16)9-18-19(24)22-20(25)27-18/h3-8,10,15,18,23H,2,9,11-12H2,1H3,(H,22,24,25). The van der Waals surface area contributed by atoms with Crippen LogP contribution in [-0.2, 0) is 17.6 Å². The van der Waals surface area contributed by atoms with E-state index in [2.05, 4.69) is 17.2 Å². The van der Waals surface area contributed by atoms with Crippen LogP contribution in [0.25, 0.3) is 0 Å². The highest BCUT2D eigenvalue weighted by molar-refractivity contribution is 8.15. The first-order valence-corrected chi connectivity index (χ1v) is 9.76. The Labute approximate surface area is 162 Å². The van der Waals surface area contributed by atoms with Crippen LogP contribution in [0.4, 0.5) is 4.79 Å². The Kier molecular flexibility index (Phi) is 6.47. The summed E-state index contributed by atoms with van der Waals surface area (Å²) in [4.78, 5) is 27.3. The number of rotatable bonds is 8. The highest BCUT2D eigenvalue weighted by atomic mass is 32.2. The Bertz CT molecular complexity index is 793. The molecule has 0 aliphatic carbocycles. The fourth-order valence-corrected chi connectivity index (χ4v) is 3.64. The number of pyridine rings is 1. The maximum atomic E-state index is 11.6. The fourth-order valence-electron chi connectivity index (χ4n) is 2.78. The molecule has 1 aromatic heterocycles. The second kappa shape index (κ2) is 9.01. The summed E-state index contributed by atoms with van der Waals surface area (Å²) in [7, 11) is 0. The first-order chi connectivity index (χ1) is 13.1. The summed E-state index contributed by atoms with van der Waals surface area (Å²) in [5.41, 5.74) is 2.92. The largest absolute Gasteiger partial charge is 0.493 e. The lowest BCUT2D eigenvalue weighted by molar-refractivity contribution is -0.118. The number of hydrogen-bond donors (Lipinski definition) is 2. The van der Waals surface area contributed by atoms with Gasteiger partial charge in [-0.1, -0.05) is 36.9 Å². The SMILES string of the molecule is CCc1ccc(C(CO)COc2ccc(CC3SC(=O)NC3=O)cc2)nc1. The topological polar surface area (TPSA) is 88.5 Å². The van der Waals surface area contributed by atoms with Crippen molar-refractivity contribution in [1.29, 1.82) is 0 Å². The highest BCUT2D eigenvalue weighted by Crippen LogP contribution is 2.24. The van der Waals surface area contributed by atoms with Crippen molar-refractivity contribution in [2.24, 2.45) is 0 Å². The highest BCUT2D eigenvalue weighted by Gasteiger charge is 2.31. The molecule has 1 aromatic carbocycles. The Morgan fingerprint density at radius 3 is 2.48 bits per heavy atom. The van der Waals surface area contributed by atoms with Crippen LogP contribution in [0.2, 0.25) is 0 Å². The third-order valence-electron chi connectivity index (χ3n) is 4.46. The van der Waals surface area contributed by atoms with E-state index in [1.54, 1.807) is 0 Å². The van der Waals surface area contributed by atoms with E-state index in [1.807, 2.05) is 42.6 Å². The zero-order chi connectivity index (χ0) is 19.2. The minimum atomic E-state index is -0.375. The maximum absolute atomic E-state index is 11.6. The van der Waals surface area contributed by atoms with Crippen molar-refractivity contribution in [1.82, 2.24) is 10.3 Å². The molecule has 6 nitrogen and oxygen atoms in total. The minimum absolute atomic E-state index is 0.0431. The molecule has 142 valence electrons. The first-order valence-electron chi connectivity index (χ1n) is 8.88. The number of aromatic nitrogens is 1. The van der Waals surface area contributed by atoms with Gasteiger partial charge in [-0.05, 0) is 42.2 Å². The molecule has 0 bridgehead atoms. The van der Waals surface area contributed by atoms with Gasteiger partial charge in [-0.2, -0.15) is 0 Å². The van der Waals surface area contributed by atoms with E-state index < -0.39 is 0 Å². The summed E-state index contributed by atoms with van der Waals surface area (Å²) in [6, 6.07) is 11.4. The van der Waals surface area contributed by atoms with Gasteiger partial charge >= 0.3 is 0 Å². The average molecular weight is 386 g/mol. The summed E-state index contributed by atoms with van der Waals surface area (Å²) in [5, 5.41) is 11.3. The molecule has 2 unspecified atom stereocenters. The Morgan fingerprint density at radius 2 is 1.93 bits per heavy atom. The van der Waals surface area contributed by atoms with Crippen molar-refractivity contribution in [3.8, 4) is 5.75 Å². The van der Waals surface area contributed by atoms with E-state index in [0.29, 0.717) is 18.8 Å². The molecule has 2 aromatic rings. The lowest BCUT2D eigenvalue weighted by atomic mass is 10.1. The minimum Gasteiger partial charge on any atom is -0.493 e. The molecule has 1 saturated heterocycles. The smallest absolute Gasteiger partial charge is 0.286 e. The van der Waals surface area contributed by atoms with E-state index in [4.69, 9.17) is 4.74 Å². The lowest BCUT2D eigenvalue weighted by Gasteiger charge is -2.15. The molecule has 2 atom stereocenters. The van der Waals surface area contributed by atoms with Crippen molar-refractivity contribution >= 4 is 22.9 Å². The summed E-state index contributed by atoms with van der Waals surface area (Å²) < 4.78 is 5.79. The van der Waals surface area contributed by atoms with Crippen LogP contribution in [0.1, 0.15) is 29.7 Å². The molecule has 2 amide bonds. The number of thioether (sulfide) groups is 1. The quantitative estimate of drug-likeness (QED) is 0.725. The summed E-state index contributed by atoms with van der Waals surface area (Å²) in [6.07, 6.45) is 3.25. The molecule has 3 rings (SSSR count). The van der Waals surface area contributed by atoms with Gasteiger partial charge in [0.15, 0.2) is 0 Å². The second-order valence-electron chi connectivity index (χ2n) is 6.37. The monoisotopic (exact) mass is 386 g/mol. The number of imide groups is 1. The summed E-state index contributed by atoms with van der Waals surface area (Å²) >= 11 is 1.02. The van der Waals surface area contributed by atoms with Gasteiger partial charge in [-0.3, -0.25) is 19.9 Å². The molecule has 7 heteroatoms. The van der Waals surface area contributed by atoms with E-state index >= 15 is 0 Å². The van der Waals surface area contributed by atoms with Crippen molar-refractivity contribution in [3.63, 3.8) is 0 Å². The van der Waals surface area contributed by atoms with Crippen LogP contribution < -0.4 is 10.1 Å². The molecule has 2 N–H and O–H groups in total. The van der Waals surface area contributed by atoms with E-state index in [1.165, 1.54) is 0 Å². The number of hydrogen-bond acceptors (Lipinski definition) is 6. The van der Waals surface area contributed by atoms with Gasteiger partial charge in [-0.25, -0.2) is 0 Å². The van der Waals surface area contributed by atoms with Crippen LogP contribution in [0.5, 0.6) is 5.75 Å². The van der Waals surface area contributed by atoms with Crippen molar-refractivity contribution in [2.75, 3.05) is 13.2 Å². The van der Waals surface area contributed by atoms with Crippen LogP contribution in [-0.4, -0.2) is 39.7 Å². The molecule has 2 heterocycles. The van der Waals surface area contributed by atoms with E-state index in [-0.39, 0.29) is 28.9 Å².